The van der Waals surface area contributed by atoms with E-state index in [-0.39, 0.29) is 31.1 Å². The van der Waals surface area contributed by atoms with Crippen molar-refractivity contribution in [1.29, 1.82) is 0 Å². The molecule has 2 amide bonds. The molecule has 9 heteroatoms. The Morgan fingerprint density at radius 1 is 1.05 bits per heavy atom. The molecular weight excluding hydrogens is 537 g/mol. The molecule has 3 aromatic carbocycles. The van der Waals surface area contributed by atoms with Gasteiger partial charge in [-0.1, -0.05) is 12.1 Å². The van der Waals surface area contributed by atoms with Gasteiger partial charge in [-0.15, -0.1) is 0 Å². The summed E-state index contributed by atoms with van der Waals surface area (Å²) in [6, 6.07) is 21.9. The number of furan rings is 1. The number of halogens is 1. The average Bonchev–Trinajstić information content (AvgIpc) is 3.79. The summed E-state index contributed by atoms with van der Waals surface area (Å²) < 4.78 is 25.6. The third-order valence-electron chi connectivity index (χ3n) is 7.16. The summed E-state index contributed by atoms with van der Waals surface area (Å²) in [5.74, 6) is 0.445. The van der Waals surface area contributed by atoms with E-state index < -0.39 is 5.82 Å². The first-order valence-corrected chi connectivity index (χ1v) is 13.7. The summed E-state index contributed by atoms with van der Waals surface area (Å²) in [6.07, 6.45) is 3.48. The van der Waals surface area contributed by atoms with E-state index >= 15 is 0 Å². The van der Waals surface area contributed by atoms with Crippen molar-refractivity contribution >= 4 is 28.6 Å². The topological polar surface area (TPSA) is 105 Å². The van der Waals surface area contributed by atoms with Crippen molar-refractivity contribution in [3.05, 3.63) is 102 Å². The zero-order chi connectivity index (χ0) is 29.2. The van der Waals surface area contributed by atoms with E-state index in [0.29, 0.717) is 56.1 Å². The lowest BCUT2D eigenvalue weighted by Gasteiger charge is -2.22. The number of anilines is 1. The number of pyridine rings is 1. The van der Waals surface area contributed by atoms with Crippen LogP contribution in [0.3, 0.4) is 0 Å². The van der Waals surface area contributed by atoms with Crippen LogP contribution in [-0.2, 0) is 0 Å². The molecule has 2 N–H and O–H groups in total. The highest BCUT2D eigenvalue weighted by molar-refractivity contribution is 6.12. The Balaban J connectivity index is 1.47. The number of hydrogen-bond donors (Lipinski definition) is 2. The zero-order valence-corrected chi connectivity index (χ0v) is 22.8. The second kappa shape index (κ2) is 11.5. The number of nitrogens with one attached hydrogen (secondary N) is 1. The Kier molecular flexibility index (Phi) is 7.41. The second-order valence-electron chi connectivity index (χ2n) is 9.98. The normalized spacial score (nSPS) is 12.7. The Hall–Kier alpha value is -5.02. The van der Waals surface area contributed by atoms with Crippen LogP contribution in [0.15, 0.2) is 89.5 Å². The fraction of sp³-hybridized carbons (Fsp3) is 0.182. The highest BCUT2D eigenvalue weighted by Gasteiger charge is 2.35. The van der Waals surface area contributed by atoms with Gasteiger partial charge in [-0.05, 0) is 85.1 Å². The van der Waals surface area contributed by atoms with Crippen molar-refractivity contribution in [1.82, 2.24) is 10.3 Å². The minimum Gasteiger partial charge on any atom is -0.491 e. The van der Waals surface area contributed by atoms with Crippen LogP contribution in [0.4, 0.5) is 10.2 Å². The molecular formula is C33H28FN3O5. The number of benzene rings is 3. The van der Waals surface area contributed by atoms with Crippen molar-refractivity contribution in [2.45, 2.75) is 18.9 Å². The summed E-state index contributed by atoms with van der Waals surface area (Å²) >= 11 is 0. The van der Waals surface area contributed by atoms with Gasteiger partial charge < -0.3 is 19.6 Å². The van der Waals surface area contributed by atoms with Gasteiger partial charge in [0.1, 0.15) is 35.3 Å². The molecule has 2 heterocycles. The fourth-order valence-electron chi connectivity index (χ4n) is 5.02. The molecule has 42 heavy (non-hydrogen) atoms. The minimum atomic E-state index is -0.397. The van der Waals surface area contributed by atoms with E-state index in [0.717, 1.165) is 12.8 Å². The number of nitrogens with zero attached hydrogens (tertiary/aromatic N) is 2. The summed E-state index contributed by atoms with van der Waals surface area (Å²) in [6.45, 7) is -0.119. The first-order valence-electron chi connectivity index (χ1n) is 13.7. The average molecular weight is 566 g/mol. The highest BCUT2D eigenvalue weighted by atomic mass is 19.1. The Labute approximate surface area is 241 Å². The van der Waals surface area contributed by atoms with Crippen LogP contribution in [-0.4, -0.2) is 48.2 Å². The number of carbonyl (C=O) groups excluding carboxylic acids is 2. The van der Waals surface area contributed by atoms with Crippen LogP contribution < -0.4 is 15.0 Å². The number of aliphatic hydroxyl groups excluding tert-OH is 1. The van der Waals surface area contributed by atoms with Gasteiger partial charge in [0.25, 0.3) is 11.8 Å². The van der Waals surface area contributed by atoms with Crippen LogP contribution >= 0.6 is 0 Å². The molecule has 1 saturated carbocycles. The number of carbonyl (C=O) groups is 2. The van der Waals surface area contributed by atoms with Crippen molar-refractivity contribution in [2.75, 3.05) is 25.2 Å². The zero-order valence-electron chi connectivity index (χ0n) is 22.8. The molecule has 8 nitrogen and oxygen atoms in total. The molecule has 0 saturated heterocycles. The monoisotopic (exact) mass is 565 g/mol. The molecule has 1 fully saturated rings. The molecule has 0 spiro atoms. The Morgan fingerprint density at radius 2 is 1.83 bits per heavy atom. The van der Waals surface area contributed by atoms with E-state index in [1.165, 1.54) is 19.2 Å². The van der Waals surface area contributed by atoms with Gasteiger partial charge in [-0.2, -0.15) is 0 Å². The number of aromatic nitrogens is 1. The predicted octanol–water partition coefficient (Wildman–Crippen LogP) is 5.84. The lowest BCUT2D eigenvalue weighted by atomic mass is 9.98. The molecule has 0 aliphatic heterocycles. The van der Waals surface area contributed by atoms with Gasteiger partial charge >= 0.3 is 0 Å². The molecule has 1 aliphatic carbocycles. The van der Waals surface area contributed by atoms with Crippen LogP contribution in [0.1, 0.15) is 33.6 Å². The molecule has 212 valence electrons. The molecule has 1 aliphatic rings. The number of rotatable bonds is 9. The summed E-state index contributed by atoms with van der Waals surface area (Å²) in [4.78, 5) is 33.0. The SMILES string of the molecule is CNC(=O)c1c(-c2ccc(F)cc2)oc2ccc(-c3cc(C(=O)N(c4ccccn4)C4CC4)ccc3OCCO)cc12. The number of aliphatic hydroxyl groups is 1. The first-order chi connectivity index (χ1) is 20.5. The molecule has 0 atom stereocenters. The Bertz CT molecular complexity index is 1760. The molecule has 6 rings (SSSR count). The molecule has 0 radical (unpaired) electrons. The molecule has 0 unspecified atom stereocenters. The van der Waals surface area contributed by atoms with Gasteiger partial charge in [0.05, 0.1) is 12.2 Å². The van der Waals surface area contributed by atoms with Crippen LogP contribution in [0.5, 0.6) is 5.75 Å². The largest absolute Gasteiger partial charge is 0.491 e. The molecule has 2 aromatic heterocycles. The van der Waals surface area contributed by atoms with E-state index in [1.807, 2.05) is 30.3 Å². The van der Waals surface area contributed by atoms with Crippen LogP contribution in [0.2, 0.25) is 0 Å². The van der Waals surface area contributed by atoms with E-state index in [2.05, 4.69) is 10.3 Å². The molecule has 0 bridgehead atoms. The predicted molar refractivity (Wildman–Crippen MR) is 157 cm³/mol. The highest BCUT2D eigenvalue weighted by Crippen LogP contribution is 2.39. The van der Waals surface area contributed by atoms with Crippen molar-refractivity contribution in [2.24, 2.45) is 0 Å². The number of ether oxygens (including phenoxy) is 1. The maximum Gasteiger partial charge on any atom is 0.259 e. The lowest BCUT2D eigenvalue weighted by Crippen LogP contribution is -2.33. The van der Waals surface area contributed by atoms with E-state index in [9.17, 15) is 19.1 Å². The molecule has 5 aromatic rings. The maximum absolute atomic E-state index is 13.8. The van der Waals surface area contributed by atoms with Crippen LogP contribution in [0.25, 0.3) is 33.4 Å². The van der Waals surface area contributed by atoms with Gasteiger partial charge in [0.15, 0.2) is 0 Å². The van der Waals surface area contributed by atoms with E-state index in [4.69, 9.17) is 9.15 Å². The minimum absolute atomic E-state index is 0.0641. The quantitative estimate of drug-likeness (QED) is 0.233. The smallest absolute Gasteiger partial charge is 0.259 e. The van der Waals surface area contributed by atoms with Gasteiger partial charge in [0.2, 0.25) is 0 Å². The van der Waals surface area contributed by atoms with Crippen molar-refractivity contribution < 1.29 is 28.2 Å². The van der Waals surface area contributed by atoms with Crippen molar-refractivity contribution in [3.63, 3.8) is 0 Å². The number of fused-ring (bicyclic) bond motifs is 1. The lowest BCUT2D eigenvalue weighted by molar-refractivity contribution is 0.0962. The van der Waals surface area contributed by atoms with Gasteiger partial charge in [-0.25, -0.2) is 9.37 Å². The first kappa shape index (κ1) is 27.2. The van der Waals surface area contributed by atoms with E-state index in [1.54, 1.807) is 47.5 Å². The third kappa shape index (κ3) is 5.22. The van der Waals surface area contributed by atoms with Crippen LogP contribution in [0, 0.1) is 5.82 Å². The number of amides is 2. The summed E-state index contributed by atoms with van der Waals surface area (Å²) in [5.41, 5.74) is 3.07. The third-order valence-corrected chi connectivity index (χ3v) is 7.16. The maximum atomic E-state index is 13.8. The standard InChI is InChI=1S/C33H28FN3O5/c1-35-32(39)30-26-18-21(7-14-28(26)42-31(30)20-5-9-23(34)10-6-20)25-19-22(8-13-27(25)41-17-16-38)33(40)37(24-11-12-24)29-4-2-3-15-36-29/h2-10,13-15,18-19,24,38H,11-12,16-17H2,1H3,(H,35,39). The Morgan fingerprint density at radius 3 is 2.52 bits per heavy atom. The van der Waals surface area contributed by atoms with Crippen molar-refractivity contribution in [3.8, 4) is 28.2 Å². The fourth-order valence-corrected chi connectivity index (χ4v) is 5.02. The summed E-state index contributed by atoms with van der Waals surface area (Å²) in [5, 5.41) is 12.6. The number of hydrogen-bond acceptors (Lipinski definition) is 6. The second-order valence-corrected chi connectivity index (χ2v) is 9.98. The summed E-state index contributed by atoms with van der Waals surface area (Å²) in [7, 11) is 1.53. The van der Waals surface area contributed by atoms with Gasteiger partial charge in [-0.3, -0.25) is 14.5 Å². The van der Waals surface area contributed by atoms with Gasteiger partial charge in [0, 0.05) is 41.4 Å².